The summed E-state index contributed by atoms with van der Waals surface area (Å²) in [6.45, 7) is 17.1. The van der Waals surface area contributed by atoms with Crippen LogP contribution >= 0.6 is 0 Å². The van der Waals surface area contributed by atoms with Gasteiger partial charge in [-0.25, -0.2) is 4.98 Å². The van der Waals surface area contributed by atoms with Crippen LogP contribution in [0, 0.1) is 6.85 Å². The number of nitrogens with zero attached hydrogens (tertiary/aromatic N) is 4. The molecule has 0 amide bonds. The van der Waals surface area contributed by atoms with E-state index < -0.39 is 25.0 Å². The van der Waals surface area contributed by atoms with E-state index in [9.17, 15) is 0 Å². The van der Waals surface area contributed by atoms with Gasteiger partial charge in [0.05, 0.1) is 24.0 Å². The summed E-state index contributed by atoms with van der Waals surface area (Å²) >= 11 is 0. The molecule has 0 atom stereocenters. The zero-order chi connectivity index (χ0) is 49.0. The quantitative estimate of drug-likeness (QED) is 0.157. The van der Waals surface area contributed by atoms with E-state index in [2.05, 4.69) is 92.6 Å². The monoisotopic (exact) mass is 794 g/mol. The normalized spacial score (nSPS) is 15.2. The molecule has 1 aliphatic rings. The maximum Gasteiger partial charge on any atom is 0.503 e. The molecule has 0 fully saturated rings. The smallest absolute Gasteiger partial charge is 0.457 e. The Morgan fingerprint density at radius 2 is 1.33 bits per heavy atom. The molecule has 6 aromatic carbocycles. The predicted molar refractivity (Wildman–Crippen MR) is 252 cm³/mol. The molecule has 5 nitrogen and oxygen atoms in total. The van der Waals surface area contributed by atoms with Gasteiger partial charge >= 0.3 is 11.7 Å². The summed E-state index contributed by atoms with van der Waals surface area (Å²) in [6, 6.07) is 36.6. The first kappa shape index (κ1) is 30.5. The van der Waals surface area contributed by atoms with Gasteiger partial charge in [0.2, 0.25) is 11.4 Å². The van der Waals surface area contributed by atoms with Crippen LogP contribution in [-0.2, 0) is 16.2 Å². The van der Waals surface area contributed by atoms with Crippen LogP contribution in [0.3, 0.4) is 0 Å². The lowest BCUT2D eigenvalue weighted by molar-refractivity contribution is 0.483. The van der Waals surface area contributed by atoms with Gasteiger partial charge in [-0.2, -0.15) is 0 Å². The molecule has 0 aliphatic carbocycles. The van der Waals surface area contributed by atoms with Gasteiger partial charge in [-0.1, -0.05) is 129 Å². The van der Waals surface area contributed by atoms with Crippen LogP contribution in [0.15, 0.2) is 146 Å². The molecular formula is C55H54N4O+2. The fraction of sp³-hybridized carbons (Fsp3) is 0.236. The van der Waals surface area contributed by atoms with E-state index in [0.717, 1.165) is 38.8 Å². The van der Waals surface area contributed by atoms with Crippen molar-refractivity contribution in [3.8, 4) is 28.4 Å². The Hall–Kier alpha value is -6.55. The Balaban J connectivity index is 1.22. The summed E-state index contributed by atoms with van der Waals surface area (Å²) < 4.78 is 81.4. The van der Waals surface area contributed by atoms with Crippen molar-refractivity contribution in [2.24, 2.45) is 0 Å². The molecule has 0 unspecified atom stereocenters. The predicted octanol–water partition coefficient (Wildman–Crippen LogP) is 14.7. The number of aromatic nitrogens is 2. The Morgan fingerprint density at radius 1 is 0.633 bits per heavy atom. The first-order valence-electron chi connectivity index (χ1n) is 24.4. The summed E-state index contributed by atoms with van der Waals surface area (Å²) in [5, 5.41) is 1.49. The minimum atomic E-state index is -2.40. The number of hydrogen-bond acceptors (Lipinski definition) is 2. The SMILES string of the molecule is [2H]c1c([2H])c([2H])c(-c2cccc3c2c2ccc(Oc4cccc([N+]5=C=[N+](c6cc(C(C)(C)C)cc(C(C)(C)C)c6)c6c5cccc6C([2H])([2H])[2H])c4)cc2n3-c2cc(C(C)(C)C)ccn2)c([2H])c1[2H]. The summed E-state index contributed by atoms with van der Waals surface area (Å²) in [6.07, 6.45) is 1.79. The summed E-state index contributed by atoms with van der Waals surface area (Å²) in [5.41, 5.74) is 7.84. The molecule has 3 heterocycles. The van der Waals surface area contributed by atoms with Crippen molar-refractivity contribution in [1.82, 2.24) is 18.7 Å². The first-order valence-corrected chi connectivity index (χ1v) is 20.4. The Labute approximate surface area is 365 Å². The number of aryl methyl sites for hydroxylation is 1. The highest BCUT2D eigenvalue weighted by Crippen LogP contribution is 2.43. The van der Waals surface area contributed by atoms with Gasteiger partial charge in [0.25, 0.3) is 5.69 Å². The number of rotatable bonds is 6. The highest BCUT2D eigenvalue weighted by molar-refractivity contribution is 6.16. The van der Waals surface area contributed by atoms with Crippen molar-refractivity contribution in [2.45, 2.75) is 85.4 Å². The number of fused-ring (bicyclic) bond motifs is 4. The van der Waals surface area contributed by atoms with E-state index in [1.165, 1.54) is 0 Å². The molecule has 5 heteroatoms. The minimum absolute atomic E-state index is 0.118. The third-order valence-corrected chi connectivity index (χ3v) is 11.3. The topological polar surface area (TPSA) is 33.1 Å². The van der Waals surface area contributed by atoms with Crippen LogP contribution in [0.5, 0.6) is 11.5 Å². The molecule has 2 aromatic heterocycles. The molecule has 298 valence electrons. The van der Waals surface area contributed by atoms with Crippen molar-refractivity contribution >= 4 is 50.6 Å². The summed E-state index contributed by atoms with van der Waals surface area (Å²) in [5.74, 6) is 1.69. The fourth-order valence-electron chi connectivity index (χ4n) is 7.92. The maximum absolute atomic E-state index is 8.91. The second-order valence-electron chi connectivity index (χ2n) is 18.7. The highest BCUT2D eigenvalue weighted by atomic mass is 16.5. The van der Waals surface area contributed by atoms with E-state index in [0.29, 0.717) is 45.3 Å². The van der Waals surface area contributed by atoms with Gasteiger partial charge in [0.15, 0.2) is 0 Å². The zero-order valence-electron chi connectivity index (χ0n) is 43.7. The number of ether oxygens (including phenoxy) is 1. The Bertz CT molecular complexity index is 3410. The molecule has 0 saturated carbocycles. The largest absolute Gasteiger partial charge is 0.503 e. The minimum Gasteiger partial charge on any atom is -0.457 e. The average Bonchev–Trinajstić information content (AvgIpc) is 3.83. The van der Waals surface area contributed by atoms with Crippen LogP contribution in [0.25, 0.3) is 38.8 Å². The van der Waals surface area contributed by atoms with Crippen molar-refractivity contribution in [3.63, 3.8) is 0 Å². The van der Waals surface area contributed by atoms with Gasteiger partial charge < -0.3 is 4.74 Å². The van der Waals surface area contributed by atoms with Crippen LogP contribution < -0.4 is 13.9 Å². The van der Waals surface area contributed by atoms with Gasteiger partial charge in [0.1, 0.15) is 17.3 Å². The summed E-state index contributed by atoms with van der Waals surface area (Å²) in [7, 11) is 0. The second kappa shape index (κ2) is 14.3. The first-order chi connectivity index (χ1) is 31.8. The number of benzene rings is 6. The zero-order valence-corrected chi connectivity index (χ0v) is 35.7. The molecule has 1 aliphatic heterocycles. The molecule has 0 bridgehead atoms. The third-order valence-electron chi connectivity index (χ3n) is 11.3. The lowest BCUT2D eigenvalue weighted by atomic mass is 9.80. The lowest BCUT2D eigenvalue weighted by Gasteiger charge is -2.24. The van der Waals surface area contributed by atoms with Crippen molar-refractivity contribution in [3.05, 3.63) is 168 Å². The van der Waals surface area contributed by atoms with E-state index >= 15 is 0 Å². The Morgan fingerprint density at radius 3 is 2.05 bits per heavy atom. The van der Waals surface area contributed by atoms with Crippen molar-refractivity contribution < 1.29 is 15.7 Å². The Kier molecular flexibility index (Phi) is 7.28. The fourth-order valence-corrected chi connectivity index (χ4v) is 7.92. The standard InChI is InChI=1S/C55H54N4O/c1-36-17-14-24-48-52(36)58(42-30-39(54(5,6)7)29-40(31-42)55(8,9)10)35-57(48)41-20-15-21-43(33-41)60-44-25-26-46-49(34-44)59(50-32-38(27-28-56-50)53(2,3)4)47-23-16-22-45(51(46)47)37-18-12-11-13-19-37/h11-34H,1-10H3/q+2/i1D3,11D,12D,13D,18D,19D. The van der Waals surface area contributed by atoms with Gasteiger partial charge in [-0.15, -0.1) is 0 Å². The van der Waals surface area contributed by atoms with Crippen molar-refractivity contribution in [2.75, 3.05) is 0 Å². The van der Waals surface area contributed by atoms with Crippen LogP contribution in [0.1, 0.15) is 95.5 Å². The molecule has 0 radical (unpaired) electrons. The molecular weight excluding hydrogens is 733 g/mol. The second-order valence-corrected chi connectivity index (χ2v) is 18.7. The molecule has 8 aromatic rings. The van der Waals surface area contributed by atoms with E-state index in [-0.39, 0.29) is 39.5 Å². The molecule has 0 saturated heterocycles. The number of pyridine rings is 1. The van der Waals surface area contributed by atoms with Gasteiger partial charge in [-0.3, -0.25) is 4.57 Å². The summed E-state index contributed by atoms with van der Waals surface area (Å²) in [4.78, 5) is 4.85. The lowest BCUT2D eigenvalue weighted by Crippen LogP contribution is -2.17. The van der Waals surface area contributed by atoms with E-state index in [1.54, 1.807) is 24.4 Å². The molecule has 0 spiro atoms. The maximum atomic E-state index is 8.91. The molecule has 0 N–H and O–H groups in total. The van der Waals surface area contributed by atoms with Crippen molar-refractivity contribution in [1.29, 1.82) is 0 Å². The highest BCUT2D eigenvalue weighted by Gasteiger charge is 2.39. The van der Waals surface area contributed by atoms with Gasteiger partial charge in [-0.05, 0) is 96.5 Å². The number of hydrogen-bond donors (Lipinski definition) is 0. The number of para-hydroxylation sites is 1. The van der Waals surface area contributed by atoms with Crippen LogP contribution in [0.4, 0.5) is 22.7 Å². The van der Waals surface area contributed by atoms with Gasteiger partial charge in [0, 0.05) is 57.0 Å². The van der Waals surface area contributed by atoms with E-state index in [4.69, 9.17) is 20.7 Å². The van der Waals surface area contributed by atoms with Crippen LogP contribution in [0.2, 0.25) is 0 Å². The molecule has 9 rings (SSSR count). The third kappa shape index (κ3) is 7.03. The average molecular weight is 795 g/mol. The molecule has 60 heavy (non-hydrogen) atoms. The van der Waals surface area contributed by atoms with Crippen LogP contribution in [-0.4, -0.2) is 15.6 Å². The van der Waals surface area contributed by atoms with E-state index in [1.807, 2.05) is 80.4 Å².